The summed E-state index contributed by atoms with van der Waals surface area (Å²) in [4.78, 5) is 37.5. The molecule has 0 aliphatic rings. The Labute approximate surface area is 110 Å². The van der Waals surface area contributed by atoms with E-state index < -0.39 is 11.9 Å². The fourth-order valence-electron chi connectivity index (χ4n) is 1.22. The Morgan fingerprint density at radius 1 is 1.26 bits per heavy atom. The number of pyridine rings is 1. The number of esters is 1. The van der Waals surface area contributed by atoms with Crippen LogP contribution >= 0.6 is 0 Å². The molecule has 0 fully saturated rings. The van der Waals surface area contributed by atoms with Crippen LogP contribution in [0.5, 0.6) is 0 Å². The molecule has 0 atom stereocenters. The van der Waals surface area contributed by atoms with Gasteiger partial charge in [0.25, 0.3) is 5.91 Å². The Bertz CT molecular complexity index is 448. The lowest BCUT2D eigenvalue weighted by Crippen LogP contribution is -2.38. The molecule has 1 aromatic heterocycles. The molecule has 1 rings (SSSR count). The number of hydrogen-bond acceptors (Lipinski definition) is 5. The molecule has 0 aromatic carbocycles. The van der Waals surface area contributed by atoms with E-state index in [2.05, 4.69) is 20.4 Å². The summed E-state index contributed by atoms with van der Waals surface area (Å²) in [5, 5.41) is 4.91. The van der Waals surface area contributed by atoms with Crippen LogP contribution in [0.4, 0.5) is 0 Å². The van der Waals surface area contributed by atoms with Crippen LogP contribution in [-0.4, -0.2) is 42.5 Å². The maximum Gasteiger partial charge on any atom is 0.396 e. The highest BCUT2D eigenvalue weighted by molar-refractivity contribution is 6.32. The summed E-state index contributed by atoms with van der Waals surface area (Å²) in [6, 6.07) is 3.27. The molecule has 0 saturated carbocycles. The second-order valence-electron chi connectivity index (χ2n) is 3.47. The molecule has 0 unspecified atom stereocenters. The first kappa shape index (κ1) is 14.6. The van der Waals surface area contributed by atoms with Crippen LogP contribution in [0.25, 0.3) is 0 Å². The number of ether oxygens (including phenoxy) is 1. The first-order valence-corrected chi connectivity index (χ1v) is 5.78. The van der Waals surface area contributed by atoms with E-state index >= 15 is 0 Å². The lowest BCUT2D eigenvalue weighted by Gasteiger charge is -2.06. The number of nitrogens with zero attached hydrogens (tertiary/aromatic N) is 1. The van der Waals surface area contributed by atoms with E-state index in [0.717, 1.165) is 0 Å². The van der Waals surface area contributed by atoms with Gasteiger partial charge in [-0.25, -0.2) is 4.79 Å². The first-order chi connectivity index (χ1) is 9.15. The predicted octanol–water partition coefficient (Wildman–Crippen LogP) is -0.509. The van der Waals surface area contributed by atoms with Gasteiger partial charge in [0.2, 0.25) is 0 Å². The number of rotatable bonds is 5. The van der Waals surface area contributed by atoms with Gasteiger partial charge in [0.15, 0.2) is 0 Å². The summed E-state index contributed by atoms with van der Waals surface area (Å²) in [5.74, 6) is -2.04. The predicted molar refractivity (Wildman–Crippen MR) is 66.2 cm³/mol. The monoisotopic (exact) mass is 265 g/mol. The van der Waals surface area contributed by atoms with Crippen molar-refractivity contribution < 1.29 is 19.1 Å². The second kappa shape index (κ2) is 7.80. The third-order valence-electron chi connectivity index (χ3n) is 2.08. The molecular formula is C12H15N3O4. The Hall–Kier alpha value is -2.44. The molecule has 1 aromatic rings. The molecule has 1 heterocycles. The molecule has 7 heteroatoms. The van der Waals surface area contributed by atoms with Gasteiger partial charge in [0.1, 0.15) is 0 Å². The van der Waals surface area contributed by atoms with Crippen molar-refractivity contribution in [2.75, 3.05) is 19.7 Å². The number of carbonyl (C=O) groups excluding carboxylic acids is 3. The van der Waals surface area contributed by atoms with Gasteiger partial charge in [0, 0.05) is 25.5 Å². The molecule has 2 N–H and O–H groups in total. The molecule has 7 nitrogen and oxygen atoms in total. The van der Waals surface area contributed by atoms with Crippen LogP contribution in [0.3, 0.4) is 0 Å². The van der Waals surface area contributed by atoms with Crippen LogP contribution < -0.4 is 10.6 Å². The lowest BCUT2D eigenvalue weighted by atomic mass is 10.3. The second-order valence-corrected chi connectivity index (χ2v) is 3.47. The van der Waals surface area contributed by atoms with Crippen LogP contribution in [0, 0.1) is 0 Å². The topological polar surface area (TPSA) is 97.4 Å². The van der Waals surface area contributed by atoms with Gasteiger partial charge in [-0.05, 0) is 19.1 Å². The van der Waals surface area contributed by atoms with Gasteiger partial charge >= 0.3 is 11.9 Å². The minimum atomic E-state index is -0.930. The van der Waals surface area contributed by atoms with Crippen molar-refractivity contribution >= 4 is 17.8 Å². The lowest BCUT2D eigenvalue weighted by molar-refractivity contribution is -0.154. The summed E-state index contributed by atoms with van der Waals surface area (Å²) >= 11 is 0. The molecule has 0 radical (unpaired) electrons. The minimum absolute atomic E-state index is 0.143. The summed E-state index contributed by atoms with van der Waals surface area (Å²) in [5.41, 5.74) is 0.430. The average molecular weight is 265 g/mol. The van der Waals surface area contributed by atoms with Gasteiger partial charge in [0.05, 0.1) is 12.2 Å². The van der Waals surface area contributed by atoms with Crippen molar-refractivity contribution in [1.29, 1.82) is 0 Å². The van der Waals surface area contributed by atoms with Gasteiger partial charge in [-0.3, -0.25) is 14.6 Å². The summed E-state index contributed by atoms with van der Waals surface area (Å²) in [7, 11) is 0. The molecule has 0 saturated heterocycles. The van der Waals surface area contributed by atoms with Gasteiger partial charge in [-0.15, -0.1) is 0 Å². The van der Waals surface area contributed by atoms with Crippen molar-refractivity contribution in [2.24, 2.45) is 0 Å². The van der Waals surface area contributed by atoms with Gasteiger partial charge in [-0.2, -0.15) is 0 Å². The Morgan fingerprint density at radius 2 is 2.00 bits per heavy atom. The van der Waals surface area contributed by atoms with E-state index in [9.17, 15) is 14.4 Å². The van der Waals surface area contributed by atoms with E-state index in [1.165, 1.54) is 6.20 Å². The number of amides is 2. The zero-order valence-electron chi connectivity index (χ0n) is 10.5. The zero-order valence-corrected chi connectivity index (χ0v) is 10.5. The maximum atomic E-state index is 11.6. The Morgan fingerprint density at radius 3 is 2.63 bits per heavy atom. The van der Waals surface area contributed by atoms with E-state index in [1.54, 1.807) is 25.3 Å². The SMILES string of the molecule is CCOC(=O)C(=O)NCCNC(=O)c1cccnc1. The molecular weight excluding hydrogens is 250 g/mol. The zero-order chi connectivity index (χ0) is 14.1. The van der Waals surface area contributed by atoms with E-state index in [0.29, 0.717) is 5.56 Å². The van der Waals surface area contributed by atoms with Crippen LogP contribution in [0.1, 0.15) is 17.3 Å². The molecule has 102 valence electrons. The van der Waals surface area contributed by atoms with Crippen molar-refractivity contribution in [1.82, 2.24) is 15.6 Å². The highest BCUT2D eigenvalue weighted by Crippen LogP contribution is 1.94. The van der Waals surface area contributed by atoms with E-state index in [-0.39, 0.29) is 25.6 Å². The number of nitrogens with one attached hydrogen (secondary N) is 2. The average Bonchev–Trinajstić information content (AvgIpc) is 2.44. The van der Waals surface area contributed by atoms with Crippen LogP contribution in [0.15, 0.2) is 24.5 Å². The standard InChI is InChI=1S/C12H15N3O4/c1-2-19-12(18)11(17)15-7-6-14-10(16)9-4-3-5-13-8-9/h3-5,8H,2,6-7H2,1H3,(H,14,16)(H,15,17). The van der Waals surface area contributed by atoms with Gasteiger partial charge in [-0.1, -0.05) is 0 Å². The summed E-state index contributed by atoms with van der Waals surface area (Å²) in [6.45, 7) is 2.10. The number of hydrogen-bond donors (Lipinski definition) is 2. The normalized spacial score (nSPS) is 9.53. The van der Waals surface area contributed by atoms with Crippen molar-refractivity contribution in [3.63, 3.8) is 0 Å². The van der Waals surface area contributed by atoms with Crippen LogP contribution in [0.2, 0.25) is 0 Å². The molecule has 0 spiro atoms. The Balaban J connectivity index is 2.23. The van der Waals surface area contributed by atoms with Crippen LogP contribution in [-0.2, 0) is 14.3 Å². The third-order valence-corrected chi connectivity index (χ3v) is 2.08. The maximum absolute atomic E-state index is 11.6. The summed E-state index contributed by atoms with van der Waals surface area (Å²) < 4.78 is 4.50. The number of aromatic nitrogens is 1. The van der Waals surface area contributed by atoms with E-state index in [1.807, 2.05) is 0 Å². The molecule has 0 aliphatic heterocycles. The first-order valence-electron chi connectivity index (χ1n) is 5.78. The fraction of sp³-hybridized carbons (Fsp3) is 0.333. The Kier molecular flexibility index (Phi) is 6.00. The largest absolute Gasteiger partial charge is 0.459 e. The smallest absolute Gasteiger partial charge is 0.396 e. The molecule has 0 bridgehead atoms. The third kappa shape index (κ3) is 5.15. The number of carbonyl (C=O) groups is 3. The summed E-state index contributed by atoms with van der Waals surface area (Å²) in [6.07, 6.45) is 3.00. The van der Waals surface area contributed by atoms with Gasteiger partial charge < -0.3 is 15.4 Å². The molecule has 19 heavy (non-hydrogen) atoms. The minimum Gasteiger partial charge on any atom is -0.459 e. The molecule has 2 amide bonds. The van der Waals surface area contributed by atoms with Crippen molar-refractivity contribution in [2.45, 2.75) is 6.92 Å². The fourth-order valence-corrected chi connectivity index (χ4v) is 1.22. The highest BCUT2D eigenvalue weighted by atomic mass is 16.5. The van der Waals surface area contributed by atoms with Crippen molar-refractivity contribution in [3.05, 3.63) is 30.1 Å². The van der Waals surface area contributed by atoms with Crippen molar-refractivity contribution in [3.8, 4) is 0 Å². The molecule has 0 aliphatic carbocycles. The van der Waals surface area contributed by atoms with E-state index in [4.69, 9.17) is 0 Å². The quantitative estimate of drug-likeness (QED) is 0.424. The highest BCUT2D eigenvalue weighted by Gasteiger charge is 2.13.